The summed E-state index contributed by atoms with van der Waals surface area (Å²) in [5.74, 6) is -1.95. The van der Waals surface area contributed by atoms with Crippen LogP contribution in [-0.2, 0) is 11.8 Å². The Morgan fingerprint density at radius 1 is 1.14 bits per heavy atom. The SMILES string of the molecule is NCC1(C(O)c2cccc(F)c2F)CCc2ccccc21. The quantitative estimate of drug-likeness (QED) is 0.912. The van der Waals surface area contributed by atoms with Gasteiger partial charge in [-0.25, -0.2) is 8.78 Å². The summed E-state index contributed by atoms with van der Waals surface area (Å²) < 4.78 is 27.4. The Labute approximate surface area is 122 Å². The smallest absolute Gasteiger partial charge is 0.164 e. The maximum Gasteiger partial charge on any atom is 0.164 e. The molecule has 0 saturated carbocycles. The van der Waals surface area contributed by atoms with Gasteiger partial charge in [0.1, 0.15) is 0 Å². The summed E-state index contributed by atoms with van der Waals surface area (Å²) >= 11 is 0. The lowest BCUT2D eigenvalue weighted by Crippen LogP contribution is -2.39. The van der Waals surface area contributed by atoms with Crippen LogP contribution in [0.15, 0.2) is 42.5 Å². The lowest BCUT2D eigenvalue weighted by Gasteiger charge is -2.34. The molecule has 3 rings (SSSR count). The third-order valence-corrected chi connectivity index (χ3v) is 4.56. The van der Waals surface area contributed by atoms with Crippen LogP contribution in [0, 0.1) is 11.6 Å². The molecule has 4 heteroatoms. The number of fused-ring (bicyclic) bond motifs is 1. The number of aryl methyl sites for hydroxylation is 1. The summed E-state index contributed by atoms with van der Waals surface area (Å²) in [5.41, 5.74) is 7.19. The van der Waals surface area contributed by atoms with Gasteiger partial charge in [-0.05, 0) is 30.0 Å². The number of aliphatic hydroxyl groups excluding tert-OH is 1. The molecule has 2 nitrogen and oxygen atoms in total. The van der Waals surface area contributed by atoms with E-state index in [1.807, 2.05) is 24.3 Å². The fourth-order valence-corrected chi connectivity index (χ4v) is 3.35. The molecule has 0 saturated heterocycles. The zero-order valence-electron chi connectivity index (χ0n) is 11.5. The summed E-state index contributed by atoms with van der Waals surface area (Å²) in [7, 11) is 0. The summed E-state index contributed by atoms with van der Waals surface area (Å²) in [6.45, 7) is 0.182. The van der Waals surface area contributed by atoms with Gasteiger partial charge >= 0.3 is 0 Å². The predicted molar refractivity (Wildman–Crippen MR) is 76.8 cm³/mol. The number of hydrogen-bond acceptors (Lipinski definition) is 2. The average Bonchev–Trinajstić information content (AvgIpc) is 2.89. The second kappa shape index (κ2) is 5.20. The van der Waals surface area contributed by atoms with Gasteiger partial charge in [-0.3, -0.25) is 0 Å². The maximum atomic E-state index is 14.0. The molecular formula is C17H17F2NO. The number of rotatable bonds is 3. The van der Waals surface area contributed by atoms with Crippen molar-refractivity contribution in [2.45, 2.75) is 24.4 Å². The van der Waals surface area contributed by atoms with Crippen LogP contribution in [0.4, 0.5) is 8.78 Å². The Hall–Kier alpha value is -1.78. The zero-order chi connectivity index (χ0) is 15.0. The normalized spacial score (nSPS) is 22.1. The van der Waals surface area contributed by atoms with Crippen LogP contribution in [-0.4, -0.2) is 11.7 Å². The third-order valence-electron chi connectivity index (χ3n) is 4.56. The minimum atomic E-state index is -1.16. The molecule has 21 heavy (non-hydrogen) atoms. The Morgan fingerprint density at radius 3 is 2.67 bits per heavy atom. The fourth-order valence-electron chi connectivity index (χ4n) is 3.35. The largest absolute Gasteiger partial charge is 0.387 e. The third kappa shape index (κ3) is 2.06. The van der Waals surface area contributed by atoms with E-state index in [4.69, 9.17) is 5.73 Å². The van der Waals surface area contributed by atoms with Crippen LogP contribution in [0.25, 0.3) is 0 Å². The molecule has 2 unspecified atom stereocenters. The molecular weight excluding hydrogens is 272 g/mol. The molecule has 0 bridgehead atoms. The predicted octanol–water partition coefficient (Wildman–Crippen LogP) is 2.84. The van der Waals surface area contributed by atoms with Gasteiger partial charge in [0.15, 0.2) is 11.6 Å². The molecule has 0 fully saturated rings. The van der Waals surface area contributed by atoms with Crippen LogP contribution in [0.1, 0.15) is 29.2 Å². The van der Waals surface area contributed by atoms with Crippen molar-refractivity contribution < 1.29 is 13.9 Å². The molecule has 1 aliphatic carbocycles. The molecule has 0 amide bonds. The van der Waals surface area contributed by atoms with Crippen molar-refractivity contribution in [3.8, 4) is 0 Å². The highest BCUT2D eigenvalue weighted by Gasteiger charge is 2.45. The van der Waals surface area contributed by atoms with Crippen molar-refractivity contribution in [1.82, 2.24) is 0 Å². The van der Waals surface area contributed by atoms with Crippen LogP contribution in [0.3, 0.4) is 0 Å². The maximum absolute atomic E-state index is 14.0. The van der Waals surface area contributed by atoms with Gasteiger partial charge < -0.3 is 10.8 Å². The number of halogens is 2. The lowest BCUT2D eigenvalue weighted by molar-refractivity contribution is 0.0800. The van der Waals surface area contributed by atoms with Crippen molar-refractivity contribution >= 4 is 0 Å². The molecule has 110 valence electrons. The molecule has 3 N–H and O–H groups in total. The topological polar surface area (TPSA) is 46.2 Å². The molecule has 2 atom stereocenters. The minimum absolute atomic E-state index is 0.0304. The van der Waals surface area contributed by atoms with Gasteiger partial charge in [0.2, 0.25) is 0 Å². The molecule has 0 aromatic heterocycles. The van der Waals surface area contributed by atoms with Crippen molar-refractivity contribution in [3.05, 3.63) is 70.8 Å². The van der Waals surface area contributed by atoms with E-state index >= 15 is 0 Å². The molecule has 0 heterocycles. The van der Waals surface area contributed by atoms with Crippen LogP contribution in [0.2, 0.25) is 0 Å². The molecule has 0 spiro atoms. The Morgan fingerprint density at radius 2 is 1.90 bits per heavy atom. The fraction of sp³-hybridized carbons (Fsp3) is 0.294. The van der Waals surface area contributed by atoms with Gasteiger partial charge in [-0.1, -0.05) is 36.4 Å². The van der Waals surface area contributed by atoms with Gasteiger partial charge in [-0.15, -0.1) is 0 Å². The van der Waals surface area contributed by atoms with Gasteiger partial charge in [0.05, 0.1) is 6.10 Å². The van der Waals surface area contributed by atoms with Gasteiger partial charge in [-0.2, -0.15) is 0 Å². The highest BCUT2D eigenvalue weighted by Crippen LogP contribution is 2.47. The first-order chi connectivity index (χ1) is 10.1. The Bertz CT molecular complexity index is 674. The van der Waals surface area contributed by atoms with Crippen molar-refractivity contribution in [3.63, 3.8) is 0 Å². The van der Waals surface area contributed by atoms with Crippen molar-refractivity contribution in [1.29, 1.82) is 0 Å². The summed E-state index contributed by atoms with van der Waals surface area (Å²) in [6.07, 6.45) is 0.239. The summed E-state index contributed by atoms with van der Waals surface area (Å²) in [5, 5.41) is 10.7. The average molecular weight is 289 g/mol. The molecule has 0 radical (unpaired) electrons. The number of benzene rings is 2. The van der Waals surface area contributed by atoms with E-state index in [0.29, 0.717) is 6.42 Å². The first-order valence-electron chi connectivity index (χ1n) is 7.00. The highest BCUT2D eigenvalue weighted by molar-refractivity contribution is 5.43. The van der Waals surface area contributed by atoms with Gasteiger partial charge in [0.25, 0.3) is 0 Å². The van der Waals surface area contributed by atoms with E-state index < -0.39 is 23.2 Å². The minimum Gasteiger partial charge on any atom is -0.387 e. The van der Waals surface area contributed by atoms with E-state index in [0.717, 1.165) is 23.6 Å². The second-order valence-corrected chi connectivity index (χ2v) is 5.56. The summed E-state index contributed by atoms with van der Waals surface area (Å²) in [6, 6.07) is 11.6. The van der Waals surface area contributed by atoms with Crippen LogP contribution in [0.5, 0.6) is 0 Å². The van der Waals surface area contributed by atoms with E-state index in [1.165, 1.54) is 12.1 Å². The van der Waals surface area contributed by atoms with E-state index in [9.17, 15) is 13.9 Å². The second-order valence-electron chi connectivity index (χ2n) is 5.56. The van der Waals surface area contributed by atoms with Crippen molar-refractivity contribution in [2.24, 2.45) is 5.73 Å². The van der Waals surface area contributed by atoms with E-state index in [-0.39, 0.29) is 12.1 Å². The van der Waals surface area contributed by atoms with Gasteiger partial charge in [0, 0.05) is 17.5 Å². The molecule has 1 aliphatic rings. The van der Waals surface area contributed by atoms with E-state index in [2.05, 4.69) is 0 Å². The Balaban J connectivity index is 2.11. The van der Waals surface area contributed by atoms with Crippen LogP contribution < -0.4 is 5.73 Å². The Kier molecular flexibility index (Phi) is 3.51. The van der Waals surface area contributed by atoms with E-state index in [1.54, 1.807) is 0 Å². The lowest BCUT2D eigenvalue weighted by atomic mass is 9.74. The standard InChI is InChI=1S/C17H17F2NO/c18-14-7-3-5-12(15(14)19)16(21)17(10-20)9-8-11-4-1-2-6-13(11)17/h1-7,16,21H,8-10,20H2. The monoisotopic (exact) mass is 289 g/mol. The molecule has 2 aromatic carbocycles. The highest BCUT2D eigenvalue weighted by atomic mass is 19.2. The first-order valence-corrected chi connectivity index (χ1v) is 7.00. The summed E-state index contributed by atoms with van der Waals surface area (Å²) in [4.78, 5) is 0. The molecule has 0 aliphatic heterocycles. The first kappa shape index (κ1) is 14.2. The van der Waals surface area contributed by atoms with Crippen LogP contribution >= 0.6 is 0 Å². The molecule has 2 aromatic rings. The number of hydrogen-bond donors (Lipinski definition) is 2. The number of nitrogens with two attached hydrogens (primary N) is 1. The van der Waals surface area contributed by atoms with Crippen molar-refractivity contribution in [2.75, 3.05) is 6.54 Å². The zero-order valence-corrected chi connectivity index (χ0v) is 11.5. The number of aliphatic hydroxyl groups is 1.